The molecule has 1 amide bonds. The molecule has 41 heavy (non-hydrogen) atoms. The molecule has 0 fully saturated rings. The molecule has 0 aliphatic carbocycles. The van der Waals surface area contributed by atoms with Crippen molar-refractivity contribution in [1.29, 1.82) is 0 Å². The van der Waals surface area contributed by atoms with Crippen LogP contribution in [0.4, 0.5) is 0 Å². The van der Waals surface area contributed by atoms with E-state index in [1.54, 1.807) is 43.3 Å². The third-order valence-electron chi connectivity index (χ3n) is 6.57. The predicted octanol–water partition coefficient (Wildman–Crippen LogP) is 5.56. The molecule has 0 radical (unpaired) electrons. The largest absolute Gasteiger partial charge is 0.464 e. The van der Waals surface area contributed by atoms with Crippen molar-refractivity contribution in [2.24, 2.45) is 0 Å². The number of benzene rings is 3. The van der Waals surface area contributed by atoms with Gasteiger partial charge in [0.25, 0.3) is 11.5 Å². The first kappa shape index (κ1) is 30.4. The number of halogens is 2. The first-order valence-corrected chi connectivity index (χ1v) is 14.5. The number of carbonyl (C=O) groups is 2. The van der Waals surface area contributed by atoms with E-state index in [4.69, 9.17) is 21.3 Å². The van der Waals surface area contributed by atoms with Crippen molar-refractivity contribution in [3.05, 3.63) is 110 Å². The molecule has 3 aromatic carbocycles. The van der Waals surface area contributed by atoms with Crippen molar-refractivity contribution >= 4 is 50.3 Å². The molecule has 1 aromatic heterocycles. The lowest BCUT2D eigenvalue weighted by Crippen LogP contribution is -2.44. The van der Waals surface area contributed by atoms with Gasteiger partial charge in [0.2, 0.25) is 0 Å². The summed E-state index contributed by atoms with van der Waals surface area (Å²) in [5.74, 6) is -0.953. The number of rotatable bonds is 11. The minimum Gasteiger partial charge on any atom is -0.464 e. The smallest absolute Gasteiger partial charge is 0.336 e. The van der Waals surface area contributed by atoms with Crippen LogP contribution in [0.2, 0.25) is 5.02 Å². The minimum atomic E-state index is -1.29. The van der Waals surface area contributed by atoms with Crippen LogP contribution in [-0.4, -0.2) is 65.0 Å². The number of hydrogen-bond donors (Lipinski definition) is 0. The zero-order chi connectivity index (χ0) is 29.5. The van der Waals surface area contributed by atoms with Crippen molar-refractivity contribution in [1.82, 2.24) is 19.4 Å². The van der Waals surface area contributed by atoms with Gasteiger partial charge in [-0.25, -0.2) is 9.78 Å². The van der Waals surface area contributed by atoms with Gasteiger partial charge in [0.15, 0.2) is 6.04 Å². The Kier molecular flexibility index (Phi) is 10.3. The summed E-state index contributed by atoms with van der Waals surface area (Å²) in [5, 5.41) is 0.754. The Labute approximate surface area is 252 Å². The second-order valence-electron chi connectivity index (χ2n) is 9.80. The Balaban J connectivity index is 1.97. The number of carbonyl (C=O) groups excluding carboxylic acids is 2. The predicted molar refractivity (Wildman–Crippen MR) is 164 cm³/mol. The average Bonchev–Trinajstić information content (AvgIpc) is 2.94. The van der Waals surface area contributed by atoms with E-state index in [0.717, 1.165) is 5.56 Å². The standard InChI is InChI=1S/C31H32BrClN4O4/c1-4-41-31(40)27(36(18-10-17-35(2)3)29(38)23-13-8-9-14-25(23)32)28-34-26-19-22(33)15-16-24(26)30(39)37(28)20-21-11-6-5-7-12-21/h5-9,11-16,19,27H,4,10,17-18,20H2,1-3H3. The van der Waals surface area contributed by atoms with E-state index >= 15 is 0 Å². The highest BCUT2D eigenvalue weighted by Gasteiger charge is 2.37. The van der Waals surface area contributed by atoms with Crippen LogP contribution in [0.3, 0.4) is 0 Å². The molecule has 4 aromatic rings. The monoisotopic (exact) mass is 638 g/mol. The van der Waals surface area contributed by atoms with Crippen molar-refractivity contribution in [2.75, 3.05) is 33.8 Å². The van der Waals surface area contributed by atoms with Crippen molar-refractivity contribution < 1.29 is 14.3 Å². The topological polar surface area (TPSA) is 84.7 Å². The van der Waals surface area contributed by atoms with E-state index in [2.05, 4.69) is 15.9 Å². The van der Waals surface area contributed by atoms with E-state index in [0.29, 0.717) is 38.9 Å². The Morgan fingerprint density at radius 2 is 1.73 bits per heavy atom. The highest BCUT2D eigenvalue weighted by atomic mass is 79.9. The van der Waals surface area contributed by atoms with Gasteiger partial charge in [-0.15, -0.1) is 0 Å². The van der Waals surface area contributed by atoms with E-state index in [-0.39, 0.29) is 37.0 Å². The Morgan fingerprint density at radius 1 is 1.02 bits per heavy atom. The molecular weight excluding hydrogens is 608 g/mol. The van der Waals surface area contributed by atoms with Crippen LogP contribution in [0.25, 0.3) is 10.9 Å². The van der Waals surface area contributed by atoms with Crippen LogP contribution >= 0.6 is 27.5 Å². The van der Waals surface area contributed by atoms with Crippen LogP contribution in [0.1, 0.15) is 41.1 Å². The van der Waals surface area contributed by atoms with Gasteiger partial charge in [0, 0.05) is 16.0 Å². The fraction of sp³-hybridized carbons (Fsp3) is 0.290. The van der Waals surface area contributed by atoms with Gasteiger partial charge in [-0.05, 0) is 85.8 Å². The lowest BCUT2D eigenvalue weighted by molar-refractivity contribution is -0.149. The third kappa shape index (κ3) is 7.22. The van der Waals surface area contributed by atoms with Crippen LogP contribution in [-0.2, 0) is 16.1 Å². The molecule has 1 atom stereocenters. The number of nitrogens with zero attached hydrogens (tertiary/aromatic N) is 4. The van der Waals surface area contributed by atoms with Gasteiger partial charge in [-0.3, -0.25) is 14.2 Å². The summed E-state index contributed by atoms with van der Waals surface area (Å²) >= 11 is 9.76. The maximum atomic E-state index is 14.2. The van der Waals surface area contributed by atoms with Gasteiger partial charge in [-0.2, -0.15) is 0 Å². The molecule has 0 aliphatic heterocycles. The van der Waals surface area contributed by atoms with Gasteiger partial charge in [0.1, 0.15) is 5.82 Å². The molecule has 10 heteroatoms. The molecule has 214 valence electrons. The van der Waals surface area contributed by atoms with Gasteiger partial charge in [0.05, 0.1) is 29.6 Å². The van der Waals surface area contributed by atoms with E-state index in [1.165, 1.54) is 9.47 Å². The second-order valence-corrected chi connectivity index (χ2v) is 11.1. The number of fused-ring (bicyclic) bond motifs is 1. The van der Waals surface area contributed by atoms with Crippen LogP contribution in [0.5, 0.6) is 0 Å². The Bertz CT molecular complexity index is 1590. The first-order valence-electron chi connectivity index (χ1n) is 13.3. The van der Waals surface area contributed by atoms with E-state index < -0.39 is 12.0 Å². The summed E-state index contributed by atoms with van der Waals surface area (Å²) in [6.45, 7) is 2.83. The third-order valence-corrected chi connectivity index (χ3v) is 7.49. The SMILES string of the molecule is CCOC(=O)C(c1nc2cc(Cl)ccc2c(=O)n1Cc1ccccc1)N(CCCN(C)C)C(=O)c1ccccc1Br. The highest BCUT2D eigenvalue weighted by molar-refractivity contribution is 9.10. The molecule has 0 saturated carbocycles. The summed E-state index contributed by atoms with van der Waals surface area (Å²) in [7, 11) is 3.88. The van der Waals surface area contributed by atoms with Crippen molar-refractivity contribution in [3.63, 3.8) is 0 Å². The number of esters is 1. The number of hydrogen-bond acceptors (Lipinski definition) is 6. The lowest BCUT2D eigenvalue weighted by Gasteiger charge is -2.32. The number of amides is 1. The molecule has 0 aliphatic rings. The molecular formula is C31H32BrClN4O4. The van der Waals surface area contributed by atoms with Crippen molar-refractivity contribution in [3.8, 4) is 0 Å². The normalized spacial score (nSPS) is 12.0. The Morgan fingerprint density at radius 3 is 2.41 bits per heavy atom. The minimum absolute atomic E-state index is 0.0897. The molecule has 0 saturated heterocycles. The highest BCUT2D eigenvalue weighted by Crippen LogP contribution is 2.28. The summed E-state index contributed by atoms with van der Waals surface area (Å²) in [6.07, 6.45) is 0.571. The molecule has 0 bridgehead atoms. The van der Waals surface area contributed by atoms with Gasteiger partial charge < -0.3 is 14.5 Å². The summed E-state index contributed by atoms with van der Waals surface area (Å²) in [5.41, 5.74) is 1.20. The molecule has 1 heterocycles. The molecule has 0 spiro atoms. The number of aromatic nitrogens is 2. The summed E-state index contributed by atoms with van der Waals surface area (Å²) < 4.78 is 7.57. The molecule has 8 nitrogen and oxygen atoms in total. The Hall–Kier alpha value is -3.53. The quantitative estimate of drug-likeness (QED) is 0.200. The second kappa shape index (κ2) is 13.9. The lowest BCUT2D eigenvalue weighted by atomic mass is 10.1. The van der Waals surface area contributed by atoms with Crippen molar-refractivity contribution in [2.45, 2.75) is 25.9 Å². The summed E-state index contributed by atoms with van der Waals surface area (Å²) in [4.78, 5) is 50.2. The molecule has 4 rings (SSSR count). The molecule has 1 unspecified atom stereocenters. The van der Waals surface area contributed by atoms with Gasteiger partial charge >= 0.3 is 5.97 Å². The van der Waals surface area contributed by atoms with Crippen LogP contribution in [0.15, 0.2) is 82.1 Å². The fourth-order valence-electron chi connectivity index (χ4n) is 4.63. The maximum absolute atomic E-state index is 14.2. The first-order chi connectivity index (χ1) is 19.7. The maximum Gasteiger partial charge on any atom is 0.336 e. The molecule has 0 N–H and O–H groups in total. The number of ether oxygens (including phenoxy) is 1. The zero-order valence-electron chi connectivity index (χ0n) is 23.2. The zero-order valence-corrected chi connectivity index (χ0v) is 25.6. The van der Waals surface area contributed by atoms with Crippen LogP contribution < -0.4 is 5.56 Å². The average molecular weight is 640 g/mol. The summed E-state index contributed by atoms with van der Waals surface area (Å²) in [6, 6.07) is 20.0. The van der Waals surface area contributed by atoms with E-state index in [1.807, 2.05) is 55.4 Å². The van der Waals surface area contributed by atoms with Crippen LogP contribution in [0, 0.1) is 0 Å². The fourth-order valence-corrected chi connectivity index (χ4v) is 5.25. The van der Waals surface area contributed by atoms with E-state index in [9.17, 15) is 14.4 Å². The van der Waals surface area contributed by atoms with Gasteiger partial charge in [-0.1, -0.05) is 54.1 Å².